The number of likely N-dealkylation sites (N-methyl/N-ethyl adjacent to an activating group) is 1. The van der Waals surface area contributed by atoms with Crippen LogP contribution >= 0.6 is 0 Å². The maximum absolute atomic E-state index is 15.0. The molecule has 0 bridgehead atoms. The zero-order chi connectivity index (χ0) is 30.2. The lowest BCUT2D eigenvalue weighted by Gasteiger charge is -2.46. The summed E-state index contributed by atoms with van der Waals surface area (Å²) >= 11 is 0. The van der Waals surface area contributed by atoms with E-state index < -0.39 is 6.43 Å². The van der Waals surface area contributed by atoms with Gasteiger partial charge in [0.25, 0.3) is 6.43 Å². The minimum atomic E-state index is -2.63. The third-order valence-electron chi connectivity index (χ3n) is 10.6. The van der Waals surface area contributed by atoms with Crippen LogP contribution < -0.4 is 15.1 Å². The van der Waals surface area contributed by atoms with E-state index in [0.29, 0.717) is 37.9 Å². The number of aromatic nitrogens is 3. The molecule has 0 radical (unpaired) electrons. The number of likely N-dealkylation sites (tertiary alicyclic amines) is 1. The number of amides is 1. The summed E-state index contributed by atoms with van der Waals surface area (Å²) in [5.74, 6) is 0.876. The first kappa shape index (κ1) is 27.9. The average Bonchev–Trinajstić information content (AvgIpc) is 3.57. The Bertz CT molecular complexity index is 1610. The molecule has 0 aliphatic carbocycles. The maximum atomic E-state index is 15.0. The lowest BCUT2D eigenvalue weighted by molar-refractivity contribution is -0.129. The first-order valence-corrected chi connectivity index (χ1v) is 16.0. The van der Waals surface area contributed by atoms with Crippen LogP contribution in [0.4, 0.5) is 31.7 Å². The van der Waals surface area contributed by atoms with Crippen molar-refractivity contribution in [2.75, 3.05) is 62.7 Å². The van der Waals surface area contributed by atoms with Crippen LogP contribution in [0.5, 0.6) is 0 Å². The summed E-state index contributed by atoms with van der Waals surface area (Å²) in [5, 5.41) is 8.70. The smallest absolute Gasteiger partial charge is 0.265 e. The van der Waals surface area contributed by atoms with E-state index in [1.54, 1.807) is 13.0 Å². The topological polar surface area (TPSA) is 72.8 Å². The van der Waals surface area contributed by atoms with Crippen LogP contribution in [-0.4, -0.2) is 83.3 Å². The van der Waals surface area contributed by atoms with Gasteiger partial charge in [0.15, 0.2) is 5.82 Å². The van der Waals surface area contributed by atoms with E-state index in [2.05, 4.69) is 42.8 Å². The van der Waals surface area contributed by atoms with Gasteiger partial charge >= 0.3 is 0 Å². The number of alkyl halides is 2. The normalized spacial score (nSPS) is 21.4. The Kier molecular flexibility index (Phi) is 6.68. The van der Waals surface area contributed by atoms with Gasteiger partial charge in [0.05, 0.1) is 30.2 Å². The number of anilines is 4. The Morgan fingerprint density at radius 1 is 1.05 bits per heavy atom. The molecule has 11 heteroatoms. The molecule has 9 nitrogen and oxygen atoms in total. The van der Waals surface area contributed by atoms with E-state index in [-0.39, 0.29) is 16.9 Å². The van der Waals surface area contributed by atoms with Gasteiger partial charge in [-0.15, -0.1) is 0 Å². The molecule has 0 atom stereocenters. The van der Waals surface area contributed by atoms with Crippen LogP contribution in [0.25, 0.3) is 0 Å². The van der Waals surface area contributed by atoms with E-state index in [1.807, 2.05) is 23.4 Å². The molecule has 1 amide bonds. The lowest BCUT2D eigenvalue weighted by Crippen LogP contribution is -2.59. The molecule has 44 heavy (non-hydrogen) atoms. The maximum Gasteiger partial charge on any atom is 0.265 e. The number of halogens is 2. The van der Waals surface area contributed by atoms with Crippen LogP contribution in [0.1, 0.15) is 66.6 Å². The number of rotatable bonds is 4. The third kappa shape index (κ3) is 4.34. The van der Waals surface area contributed by atoms with Gasteiger partial charge in [-0.3, -0.25) is 14.5 Å². The van der Waals surface area contributed by atoms with Gasteiger partial charge < -0.3 is 24.9 Å². The molecule has 1 aromatic carbocycles. The van der Waals surface area contributed by atoms with Gasteiger partial charge in [-0.1, -0.05) is 0 Å². The minimum Gasteiger partial charge on any atom is -0.339 e. The first-order valence-electron chi connectivity index (χ1n) is 16.0. The summed E-state index contributed by atoms with van der Waals surface area (Å²) in [4.78, 5) is 25.3. The van der Waals surface area contributed by atoms with Crippen molar-refractivity contribution in [1.29, 1.82) is 0 Å². The minimum absolute atomic E-state index is 0.0483. The van der Waals surface area contributed by atoms with Gasteiger partial charge in [0.1, 0.15) is 0 Å². The average molecular weight is 603 g/mol. The van der Waals surface area contributed by atoms with Crippen molar-refractivity contribution in [2.24, 2.45) is 0 Å². The SMILES string of the molecule is CC(=O)N1CCc2c(c(N3CCCc4cc(N5CC6(CN(C)C6)c6ccncc65)c(C(F)F)cc43)nn2C2CCNCC2)C1. The highest BCUT2D eigenvalue weighted by Gasteiger charge is 2.51. The van der Waals surface area contributed by atoms with Crippen molar-refractivity contribution in [3.05, 3.63) is 58.5 Å². The summed E-state index contributed by atoms with van der Waals surface area (Å²) in [6.07, 6.45) is 5.51. The molecule has 1 spiro atoms. The van der Waals surface area contributed by atoms with E-state index in [0.717, 1.165) is 86.6 Å². The van der Waals surface area contributed by atoms with Gasteiger partial charge in [0.2, 0.25) is 5.91 Å². The number of aryl methyl sites for hydroxylation is 1. The molecule has 3 aromatic rings. The molecular weight excluding hydrogens is 562 g/mol. The number of pyridine rings is 1. The van der Waals surface area contributed by atoms with E-state index in [4.69, 9.17) is 5.10 Å². The Labute approximate surface area is 256 Å². The second-order valence-corrected chi connectivity index (χ2v) is 13.4. The number of nitrogens with one attached hydrogen (secondary N) is 1. The molecule has 5 aliphatic rings. The van der Waals surface area contributed by atoms with Crippen LogP contribution in [0.15, 0.2) is 30.6 Å². The molecule has 232 valence electrons. The van der Waals surface area contributed by atoms with E-state index in [1.165, 1.54) is 11.3 Å². The second-order valence-electron chi connectivity index (χ2n) is 13.4. The summed E-state index contributed by atoms with van der Waals surface area (Å²) in [6, 6.07) is 6.10. The largest absolute Gasteiger partial charge is 0.339 e. The zero-order valence-corrected chi connectivity index (χ0v) is 25.5. The highest BCUT2D eigenvalue weighted by atomic mass is 19.3. The van der Waals surface area contributed by atoms with Crippen LogP contribution in [0.2, 0.25) is 0 Å². The second kappa shape index (κ2) is 10.5. The Hall–Kier alpha value is -3.57. The number of carbonyl (C=O) groups excluding carboxylic acids is 1. The van der Waals surface area contributed by atoms with Crippen molar-refractivity contribution in [1.82, 2.24) is 29.9 Å². The first-order chi connectivity index (χ1) is 21.3. The lowest BCUT2D eigenvalue weighted by atomic mass is 9.76. The number of benzene rings is 1. The monoisotopic (exact) mass is 602 g/mol. The molecule has 8 rings (SSSR count). The van der Waals surface area contributed by atoms with Crippen molar-refractivity contribution in [3.8, 4) is 0 Å². The molecule has 2 aromatic heterocycles. The predicted molar refractivity (Wildman–Crippen MR) is 165 cm³/mol. The molecule has 7 heterocycles. The number of piperidine rings is 1. The number of carbonyl (C=O) groups is 1. The summed E-state index contributed by atoms with van der Waals surface area (Å²) < 4.78 is 32.3. The fourth-order valence-electron chi connectivity index (χ4n) is 8.53. The summed E-state index contributed by atoms with van der Waals surface area (Å²) in [7, 11) is 2.10. The fraction of sp³-hybridized carbons (Fsp3) is 0.545. The molecule has 2 fully saturated rings. The van der Waals surface area contributed by atoms with Crippen LogP contribution in [0, 0.1) is 0 Å². The van der Waals surface area contributed by atoms with Gasteiger partial charge in [-0.25, -0.2) is 8.78 Å². The van der Waals surface area contributed by atoms with Crippen molar-refractivity contribution in [3.63, 3.8) is 0 Å². The van der Waals surface area contributed by atoms with Gasteiger partial charge in [-0.2, -0.15) is 5.10 Å². The molecule has 5 aliphatic heterocycles. The molecule has 0 saturated carbocycles. The molecule has 0 unspecified atom stereocenters. The van der Waals surface area contributed by atoms with Crippen molar-refractivity contribution >= 4 is 28.8 Å². The van der Waals surface area contributed by atoms with Gasteiger partial charge in [0, 0.05) is 80.2 Å². The molecular formula is C33H40F2N8O. The summed E-state index contributed by atoms with van der Waals surface area (Å²) in [6.45, 7) is 7.90. The summed E-state index contributed by atoms with van der Waals surface area (Å²) in [5.41, 5.74) is 6.87. The Morgan fingerprint density at radius 2 is 1.86 bits per heavy atom. The molecule has 1 N–H and O–H groups in total. The molecule has 2 saturated heterocycles. The Balaban J connectivity index is 1.22. The number of fused-ring (bicyclic) bond motifs is 4. The van der Waals surface area contributed by atoms with Gasteiger partial charge in [-0.05, 0) is 75.1 Å². The highest BCUT2D eigenvalue weighted by Crippen LogP contribution is 2.51. The van der Waals surface area contributed by atoms with E-state index in [9.17, 15) is 4.79 Å². The Morgan fingerprint density at radius 3 is 2.61 bits per heavy atom. The van der Waals surface area contributed by atoms with Crippen LogP contribution in [-0.2, 0) is 29.6 Å². The number of hydrogen-bond acceptors (Lipinski definition) is 7. The highest BCUT2D eigenvalue weighted by molar-refractivity contribution is 5.80. The fourth-order valence-corrected chi connectivity index (χ4v) is 8.53. The quantitative estimate of drug-likeness (QED) is 0.473. The number of hydrogen-bond donors (Lipinski definition) is 1. The standard InChI is InChI=1S/C33H40F2N8O/c1-21(44)40-13-8-27-25(17-40)32(38-43(27)23-5-9-36-10-6-23)41-12-3-4-22-14-29(24(31(34)35)15-28(22)41)42-20-33(18-39(2)19-33)26-7-11-37-16-30(26)42/h7,11,14-16,23,31,36H,3-6,8-10,12-13,17-20H2,1-2H3. The van der Waals surface area contributed by atoms with E-state index >= 15 is 8.78 Å². The van der Waals surface area contributed by atoms with Crippen LogP contribution in [0.3, 0.4) is 0 Å². The third-order valence-corrected chi connectivity index (χ3v) is 10.6. The van der Waals surface area contributed by atoms with Crippen molar-refractivity contribution in [2.45, 2.75) is 63.5 Å². The van der Waals surface area contributed by atoms with Crippen molar-refractivity contribution < 1.29 is 13.6 Å². The zero-order valence-electron chi connectivity index (χ0n) is 25.5. The predicted octanol–water partition coefficient (Wildman–Crippen LogP) is 4.46. The number of nitrogens with zero attached hydrogens (tertiary/aromatic N) is 7.